The van der Waals surface area contributed by atoms with Crippen molar-refractivity contribution in [2.45, 2.75) is 19.8 Å². The van der Waals surface area contributed by atoms with Crippen molar-refractivity contribution in [2.24, 2.45) is 17.1 Å². The number of carbonyl (C=O) groups excluding carboxylic acids is 1. The molecule has 12 heavy (non-hydrogen) atoms. The SMILES string of the molecule is COC(=O)C1(CN)CC(C)C1.Cl. The Labute approximate surface area is 79.1 Å². The molecule has 72 valence electrons. The van der Waals surface area contributed by atoms with Crippen LogP contribution in [0.15, 0.2) is 0 Å². The molecule has 4 heteroatoms. The molecule has 2 N–H and O–H groups in total. The van der Waals surface area contributed by atoms with Crippen LogP contribution in [0.25, 0.3) is 0 Å². The smallest absolute Gasteiger partial charge is 0.313 e. The number of carbonyl (C=O) groups is 1. The van der Waals surface area contributed by atoms with Crippen molar-refractivity contribution in [3.05, 3.63) is 0 Å². The lowest BCUT2D eigenvalue weighted by Gasteiger charge is -2.42. The standard InChI is InChI=1S/C8H15NO2.ClH/c1-6-3-8(4-6,5-9)7(10)11-2;/h6H,3-5,9H2,1-2H3;1H. The molecular weight excluding hydrogens is 178 g/mol. The number of methoxy groups -OCH3 is 1. The van der Waals surface area contributed by atoms with E-state index in [9.17, 15) is 4.79 Å². The molecular formula is C8H16ClNO2. The van der Waals surface area contributed by atoms with Crippen LogP contribution < -0.4 is 5.73 Å². The van der Waals surface area contributed by atoms with E-state index in [0.29, 0.717) is 12.5 Å². The van der Waals surface area contributed by atoms with E-state index in [4.69, 9.17) is 5.73 Å². The number of halogens is 1. The number of rotatable bonds is 2. The first kappa shape index (κ1) is 11.7. The van der Waals surface area contributed by atoms with Crippen LogP contribution in [-0.2, 0) is 9.53 Å². The van der Waals surface area contributed by atoms with Crippen molar-refractivity contribution >= 4 is 18.4 Å². The van der Waals surface area contributed by atoms with E-state index in [1.807, 2.05) is 0 Å². The minimum atomic E-state index is -0.339. The predicted octanol–water partition coefficient (Wildman–Crippen LogP) is 0.956. The Bertz CT molecular complexity index is 166. The Hall–Kier alpha value is -0.280. The number of esters is 1. The molecule has 0 bridgehead atoms. The van der Waals surface area contributed by atoms with Crippen LogP contribution in [0.2, 0.25) is 0 Å². The van der Waals surface area contributed by atoms with Crippen LogP contribution in [-0.4, -0.2) is 19.6 Å². The Morgan fingerprint density at radius 1 is 1.67 bits per heavy atom. The highest BCUT2D eigenvalue weighted by atomic mass is 35.5. The molecule has 0 heterocycles. The third kappa shape index (κ3) is 1.72. The minimum absolute atomic E-state index is 0. The fraction of sp³-hybridized carbons (Fsp3) is 0.875. The predicted molar refractivity (Wildman–Crippen MR) is 49.1 cm³/mol. The topological polar surface area (TPSA) is 52.3 Å². The third-order valence-corrected chi connectivity index (χ3v) is 2.49. The van der Waals surface area contributed by atoms with Crippen molar-refractivity contribution < 1.29 is 9.53 Å². The summed E-state index contributed by atoms with van der Waals surface area (Å²) in [5.74, 6) is 0.482. The summed E-state index contributed by atoms with van der Waals surface area (Å²) in [6.45, 7) is 2.54. The van der Waals surface area contributed by atoms with E-state index in [1.165, 1.54) is 7.11 Å². The highest BCUT2D eigenvalue weighted by molar-refractivity contribution is 5.85. The van der Waals surface area contributed by atoms with Crippen LogP contribution in [0, 0.1) is 11.3 Å². The van der Waals surface area contributed by atoms with Crippen LogP contribution in [0.4, 0.5) is 0 Å². The van der Waals surface area contributed by atoms with E-state index in [1.54, 1.807) is 0 Å². The highest BCUT2D eigenvalue weighted by Crippen LogP contribution is 2.45. The van der Waals surface area contributed by atoms with Gasteiger partial charge in [0, 0.05) is 6.54 Å². The third-order valence-electron chi connectivity index (χ3n) is 2.49. The summed E-state index contributed by atoms with van der Waals surface area (Å²) in [6.07, 6.45) is 1.77. The Morgan fingerprint density at radius 2 is 2.17 bits per heavy atom. The molecule has 0 spiro atoms. The number of ether oxygens (including phenoxy) is 1. The summed E-state index contributed by atoms with van der Waals surface area (Å²) in [5, 5.41) is 0. The maximum atomic E-state index is 11.2. The molecule has 0 saturated heterocycles. The minimum Gasteiger partial charge on any atom is -0.469 e. The quantitative estimate of drug-likeness (QED) is 0.665. The van der Waals surface area contributed by atoms with Crippen LogP contribution in [0.1, 0.15) is 19.8 Å². The maximum absolute atomic E-state index is 11.2. The van der Waals surface area contributed by atoms with Crippen LogP contribution in [0.3, 0.4) is 0 Å². The molecule has 0 amide bonds. The van der Waals surface area contributed by atoms with Crippen molar-refractivity contribution in [1.29, 1.82) is 0 Å². The van der Waals surface area contributed by atoms with Gasteiger partial charge in [-0.05, 0) is 18.8 Å². The molecule has 0 atom stereocenters. The second-order valence-electron chi connectivity index (χ2n) is 3.49. The van der Waals surface area contributed by atoms with Gasteiger partial charge in [0.25, 0.3) is 0 Å². The van der Waals surface area contributed by atoms with Crippen LogP contribution >= 0.6 is 12.4 Å². The molecule has 0 aromatic heterocycles. The van der Waals surface area contributed by atoms with Gasteiger partial charge < -0.3 is 10.5 Å². The molecule has 0 aliphatic heterocycles. The van der Waals surface area contributed by atoms with Gasteiger partial charge >= 0.3 is 5.97 Å². The zero-order valence-electron chi connectivity index (χ0n) is 7.50. The van der Waals surface area contributed by atoms with E-state index in [2.05, 4.69) is 11.7 Å². The Morgan fingerprint density at radius 3 is 2.42 bits per heavy atom. The first-order valence-electron chi connectivity index (χ1n) is 3.93. The van der Waals surface area contributed by atoms with E-state index >= 15 is 0 Å². The van der Waals surface area contributed by atoms with Crippen molar-refractivity contribution in [3.8, 4) is 0 Å². The average molecular weight is 194 g/mol. The lowest BCUT2D eigenvalue weighted by molar-refractivity contribution is -0.160. The van der Waals surface area contributed by atoms with Gasteiger partial charge in [0.2, 0.25) is 0 Å². The summed E-state index contributed by atoms with van der Waals surface area (Å²) in [7, 11) is 1.42. The van der Waals surface area contributed by atoms with Gasteiger partial charge in [0.05, 0.1) is 12.5 Å². The highest BCUT2D eigenvalue weighted by Gasteiger charge is 2.48. The molecule has 1 fully saturated rings. The number of hydrogen-bond donors (Lipinski definition) is 1. The van der Waals surface area contributed by atoms with Gasteiger partial charge in [-0.25, -0.2) is 0 Å². The Balaban J connectivity index is 0.00000121. The van der Waals surface area contributed by atoms with Gasteiger partial charge in [-0.2, -0.15) is 0 Å². The van der Waals surface area contributed by atoms with Gasteiger partial charge in [0.15, 0.2) is 0 Å². The lowest BCUT2D eigenvalue weighted by atomic mass is 9.62. The summed E-state index contributed by atoms with van der Waals surface area (Å²) in [5.41, 5.74) is 5.17. The van der Waals surface area contributed by atoms with E-state index in [-0.39, 0.29) is 23.8 Å². The second-order valence-corrected chi connectivity index (χ2v) is 3.49. The zero-order valence-corrected chi connectivity index (χ0v) is 8.32. The van der Waals surface area contributed by atoms with Crippen molar-refractivity contribution in [1.82, 2.24) is 0 Å². The van der Waals surface area contributed by atoms with Crippen molar-refractivity contribution in [2.75, 3.05) is 13.7 Å². The molecule has 0 aromatic carbocycles. The molecule has 0 unspecified atom stereocenters. The van der Waals surface area contributed by atoms with Gasteiger partial charge in [-0.15, -0.1) is 12.4 Å². The first-order valence-corrected chi connectivity index (χ1v) is 3.93. The molecule has 1 aliphatic rings. The summed E-state index contributed by atoms with van der Waals surface area (Å²) < 4.78 is 4.68. The first-order chi connectivity index (χ1) is 5.14. The van der Waals surface area contributed by atoms with E-state index < -0.39 is 0 Å². The fourth-order valence-corrected chi connectivity index (χ4v) is 1.91. The molecule has 1 aliphatic carbocycles. The zero-order chi connectivity index (χ0) is 8.48. The Kier molecular flexibility index (Phi) is 4.00. The number of nitrogens with two attached hydrogens (primary N) is 1. The average Bonchev–Trinajstić information content (AvgIpc) is 1.96. The van der Waals surface area contributed by atoms with Gasteiger partial charge in [-0.1, -0.05) is 6.92 Å². The molecule has 0 aromatic rings. The summed E-state index contributed by atoms with van der Waals surface area (Å²) in [6, 6.07) is 0. The lowest BCUT2D eigenvalue weighted by Crippen LogP contribution is -2.48. The van der Waals surface area contributed by atoms with E-state index in [0.717, 1.165) is 12.8 Å². The summed E-state index contributed by atoms with van der Waals surface area (Å²) >= 11 is 0. The largest absolute Gasteiger partial charge is 0.469 e. The summed E-state index contributed by atoms with van der Waals surface area (Å²) in [4.78, 5) is 11.2. The second kappa shape index (κ2) is 4.10. The van der Waals surface area contributed by atoms with Gasteiger partial charge in [0.1, 0.15) is 0 Å². The normalized spacial score (nSPS) is 33.1. The van der Waals surface area contributed by atoms with Crippen LogP contribution in [0.5, 0.6) is 0 Å². The fourth-order valence-electron chi connectivity index (χ4n) is 1.91. The monoisotopic (exact) mass is 193 g/mol. The van der Waals surface area contributed by atoms with Crippen molar-refractivity contribution in [3.63, 3.8) is 0 Å². The molecule has 0 radical (unpaired) electrons. The molecule has 1 rings (SSSR count). The molecule has 1 saturated carbocycles. The molecule has 3 nitrogen and oxygen atoms in total. The number of hydrogen-bond acceptors (Lipinski definition) is 3. The van der Waals surface area contributed by atoms with Gasteiger partial charge in [-0.3, -0.25) is 4.79 Å². The maximum Gasteiger partial charge on any atom is 0.313 e.